The van der Waals surface area contributed by atoms with E-state index in [1.807, 2.05) is 20.8 Å². The molecule has 1 unspecified atom stereocenters. The van der Waals surface area contributed by atoms with E-state index in [4.69, 9.17) is 19.0 Å². The lowest BCUT2D eigenvalue weighted by molar-refractivity contribution is -0.136. The third-order valence-corrected chi connectivity index (χ3v) is 3.55. The number of hydrogen-bond acceptors (Lipinski definition) is 5. The van der Waals surface area contributed by atoms with Gasteiger partial charge >= 0.3 is 0 Å². The SMILES string of the molecule is CCOCCONCCPCCC(OCC)OCC. The number of nitrogens with one attached hydrogen (secondary N) is 1. The lowest BCUT2D eigenvalue weighted by Crippen LogP contribution is -2.21. The first-order chi connectivity index (χ1) is 9.35. The van der Waals surface area contributed by atoms with E-state index in [9.17, 15) is 0 Å². The number of rotatable bonds is 15. The third kappa shape index (κ3) is 14.4. The summed E-state index contributed by atoms with van der Waals surface area (Å²) in [4.78, 5) is 5.22. The van der Waals surface area contributed by atoms with Gasteiger partial charge in [0.2, 0.25) is 0 Å². The molecule has 6 heteroatoms. The third-order valence-electron chi connectivity index (χ3n) is 2.30. The van der Waals surface area contributed by atoms with Crippen molar-refractivity contribution in [1.29, 1.82) is 0 Å². The summed E-state index contributed by atoms with van der Waals surface area (Å²) in [5, 5.41) is 0. The maximum atomic E-state index is 5.49. The fourth-order valence-electron chi connectivity index (χ4n) is 1.46. The van der Waals surface area contributed by atoms with Gasteiger partial charge < -0.3 is 14.2 Å². The smallest absolute Gasteiger partial charge is 0.157 e. The molecule has 0 amide bonds. The average molecular weight is 295 g/mol. The van der Waals surface area contributed by atoms with E-state index in [2.05, 4.69) is 5.48 Å². The first-order valence-electron chi connectivity index (χ1n) is 7.21. The fraction of sp³-hybridized carbons (Fsp3) is 1.00. The van der Waals surface area contributed by atoms with Crippen molar-refractivity contribution in [3.63, 3.8) is 0 Å². The normalized spacial score (nSPS) is 12.0. The number of hydroxylamine groups is 1. The van der Waals surface area contributed by atoms with Gasteiger partial charge in [-0.3, -0.25) is 4.84 Å². The highest BCUT2D eigenvalue weighted by Crippen LogP contribution is 2.13. The molecule has 0 radical (unpaired) electrons. The second-order valence-corrected chi connectivity index (χ2v) is 5.32. The predicted octanol–water partition coefficient (Wildman–Crippen LogP) is 2.01. The van der Waals surface area contributed by atoms with Gasteiger partial charge in [0.1, 0.15) is 0 Å². The molecule has 116 valence electrons. The van der Waals surface area contributed by atoms with Crippen LogP contribution >= 0.6 is 8.58 Å². The maximum Gasteiger partial charge on any atom is 0.157 e. The van der Waals surface area contributed by atoms with Gasteiger partial charge in [-0.2, -0.15) is 0 Å². The lowest BCUT2D eigenvalue weighted by Gasteiger charge is -2.16. The molecular formula is C13H30NO4P. The van der Waals surface area contributed by atoms with Crippen LogP contribution in [-0.4, -0.2) is 58.2 Å². The molecule has 0 aromatic heterocycles. The van der Waals surface area contributed by atoms with Gasteiger partial charge in [0.15, 0.2) is 6.29 Å². The first kappa shape index (κ1) is 19.2. The predicted molar refractivity (Wildman–Crippen MR) is 80.2 cm³/mol. The summed E-state index contributed by atoms with van der Waals surface area (Å²) in [7, 11) is 0.912. The monoisotopic (exact) mass is 295 g/mol. The quantitative estimate of drug-likeness (QED) is 0.217. The number of ether oxygens (including phenoxy) is 3. The first-order valence-corrected chi connectivity index (χ1v) is 8.62. The van der Waals surface area contributed by atoms with Gasteiger partial charge in [0, 0.05) is 32.8 Å². The summed E-state index contributed by atoms with van der Waals surface area (Å²) >= 11 is 0. The van der Waals surface area contributed by atoms with Gasteiger partial charge in [0.05, 0.1) is 13.2 Å². The van der Waals surface area contributed by atoms with Crippen molar-refractivity contribution in [3.05, 3.63) is 0 Å². The topological polar surface area (TPSA) is 49.0 Å². The summed E-state index contributed by atoms with van der Waals surface area (Å²) in [5.74, 6) is 0. The highest BCUT2D eigenvalue weighted by molar-refractivity contribution is 7.37. The van der Waals surface area contributed by atoms with Gasteiger partial charge in [-0.05, 0) is 33.1 Å². The van der Waals surface area contributed by atoms with E-state index in [1.54, 1.807) is 0 Å². The van der Waals surface area contributed by atoms with Crippen LogP contribution in [0.15, 0.2) is 0 Å². The van der Waals surface area contributed by atoms with Gasteiger partial charge in [-0.15, -0.1) is 8.58 Å². The van der Waals surface area contributed by atoms with Crippen LogP contribution in [0.4, 0.5) is 0 Å². The van der Waals surface area contributed by atoms with Crippen LogP contribution in [-0.2, 0) is 19.0 Å². The van der Waals surface area contributed by atoms with E-state index in [0.717, 1.165) is 40.5 Å². The van der Waals surface area contributed by atoms with Gasteiger partial charge in [-0.1, -0.05) is 0 Å². The zero-order valence-electron chi connectivity index (χ0n) is 12.6. The molecular weight excluding hydrogens is 265 g/mol. The molecule has 0 saturated carbocycles. The Morgan fingerprint density at radius 2 is 1.68 bits per heavy atom. The molecule has 0 aromatic rings. The minimum Gasteiger partial charge on any atom is -0.379 e. The molecule has 0 aliphatic heterocycles. The Morgan fingerprint density at radius 1 is 0.947 bits per heavy atom. The summed E-state index contributed by atoms with van der Waals surface area (Å²) in [6, 6.07) is 0. The fourth-order valence-corrected chi connectivity index (χ4v) is 2.43. The second-order valence-electron chi connectivity index (χ2n) is 3.82. The van der Waals surface area contributed by atoms with Crippen molar-refractivity contribution in [1.82, 2.24) is 5.48 Å². The second kappa shape index (κ2) is 16.3. The Kier molecular flexibility index (Phi) is 16.5. The van der Waals surface area contributed by atoms with Crippen LogP contribution in [0.25, 0.3) is 0 Å². The molecule has 0 heterocycles. The molecule has 19 heavy (non-hydrogen) atoms. The van der Waals surface area contributed by atoms with Crippen LogP contribution in [0.5, 0.6) is 0 Å². The standard InChI is InChI=1S/C13H30NO4P/c1-4-15-9-10-18-14-8-12-19-11-7-13(16-5-2)17-6-3/h13-14,19H,4-12H2,1-3H3. The average Bonchev–Trinajstić information content (AvgIpc) is 2.41. The van der Waals surface area contributed by atoms with Crippen LogP contribution in [0.1, 0.15) is 27.2 Å². The highest BCUT2D eigenvalue weighted by atomic mass is 31.1. The Labute approximate surface area is 119 Å². The van der Waals surface area contributed by atoms with Crippen molar-refractivity contribution in [3.8, 4) is 0 Å². The number of hydrogen-bond donors (Lipinski definition) is 1. The largest absolute Gasteiger partial charge is 0.379 e. The molecule has 0 bridgehead atoms. The minimum atomic E-state index is -0.0297. The molecule has 0 saturated heterocycles. The van der Waals surface area contributed by atoms with Crippen molar-refractivity contribution in [2.75, 3.05) is 51.9 Å². The van der Waals surface area contributed by atoms with Crippen LogP contribution < -0.4 is 5.48 Å². The molecule has 1 atom stereocenters. The molecule has 1 N–H and O–H groups in total. The van der Waals surface area contributed by atoms with Gasteiger partial charge in [0.25, 0.3) is 0 Å². The van der Waals surface area contributed by atoms with Crippen molar-refractivity contribution in [2.45, 2.75) is 33.5 Å². The molecule has 0 aromatic carbocycles. The van der Waals surface area contributed by atoms with E-state index < -0.39 is 0 Å². The van der Waals surface area contributed by atoms with E-state index in [0.29, 0.717) is 26.4 Å². The van der Waals surface area contributed by atoms with E-state index >= 15 is 0 Å². The molecule has 0 aliphatic carbocycles. The zero-order chi connectivity index (χ0) is 14.2. The van der Waals surface area contributed by atoms with Crippen LogP contribution in [0.2, 0.25) is 0 Å². The highest BCUT2D eigenvalue weighted by Gasteiger charge is 2.06. The van der Waals surface area contributed by atoms with E-state index in [-0.39, 0.29) is 6.29 Å². The summed E-state index contributed by atoms with van der Waals surface area (Å²) in [6.07, 6.45) is 3.22. The zero-order valence-corrected chi connectivity index (χ0v) is 13.6. The van der Waals surface area contributed by atoms with Crippen molar-refractivity contribution >= 4 is 8.58 Å². The Bertz CT molecular complexity index is 169. The molecule has 0 aliphatic rings. The maximum absolute atomic E-state index is 5.49. The van der Waals surface area contributed by atoms with Crippen molar-refractivity contribution < 1.29 is 19.0 Å². The van der Waals surface area contributed by atoms with E-state index in [1.165, 1.54) is 0 Å². The van der Waals surface area contributed by atoms with Crippen molar-refractivity contribution in [2.24, 2.45) is 0 Å². The summed E-state index contributed by atoms with van der Waals surface area (Å²) in [5.41, 5.74) is 2.95. The van der Waals surface area contributed by atoms with Crippen LogP contribution in [0.3, 0.4) is 0 Å². The molecule has 0 spiro atoms. The molecule has 0 rings (SSSR count). The van der Waals surface area contributed by atoms with Crippen LogP contribution in [0, 0.1) is 0 Å². The Hall–Kier alpha value is 0.230. The summed E-state index contributed by atoms with van der Waals surface area (Å²) < 4.78 is 16.1. The minimum absolute atomic E-state index is 0.0297. The summed E-state index contributed by atoms with van der Waals surface area (Å²) in [6.45, 7) is 10.3. The molecule has 0 fully saturated rings. The molecule has 5 nitrogen and oxygen atoms in total. The van der Waals surface area contributed by atoms with Gasteiger partial charge in [-0.25, -0.2) is 5.48 Å². The lowest BCUT2D eigenvalue weighted by atomic mass is 10.5. The Morgan fingerprint density at radius 3 is 2.32 bits per heavy atom. The Balaban J connectivity index is 3.20.